The molecule has 7 nitrogen and oxygen atoms in total. The van der Waals surface area contributed by atoms with E-state index in [0.29, 0.717) is 35.8 Å². The third-order valence-electron chi connectivity index (χ3n) is 8.24. The Bertz CT molecular complexity index is 1580. The molecule has 0 spiro atoms. The molecule has 2 N–H and O–H groups in total. The number of benzene rings is 4. The van der Waals surface area contributed by atoms with Gasteiger partial charge in [-0.25, -0.2) is 0 Å². The molecule has 47 heavy (non-hydrogen) atoms. The van der Waals surface area contributed by atoms with E-state index in [0.717, 1.165) is 22.3 Å². The maximum Gasteiger partial charge on any atom is 0.166 e. The lowest BCUT2D eigenvalue weighted by Gasteiger charge is -2.24. The second-order valence-electron chi connectivity index (χ2n) is 13.9. The van der Waals surface area contributed by atoms with E-state index >= 15 is 0 Å². The maximum atomic E-state index is 11.4. The van der Waals surface area contributed by atoms with Crippen LogP contribution in [-0.4, -0.2) is 49.1 Å². The number of ether oxygens (including phenoxy) is 3. The SMILES string of the molecule is CC(C)(C)c1cc2c(O)c(c1)OCCOCCOc1cc(C(C)(C)C)cc(c1O)C=N[C@H](c1ccccc1)C(c1ccccc1)N=C2. The van der Waals surface area contributed by atoms with Crippen molar-refractivity contribution in [2.45, 2.75) is 64.5 Å². The van der Waals surface area contributed by atoms with Crippen molar-refractivity contribution in [3.8, 4) is 23.0 Å². The van der Waals surface area contributed by atoms with Gasteiger partial charge in [-0.15, -0.1) is 0 Å². The van der Waals surface area contributed by atoms with E-state index < -0.39 is 12.1 Å². The average molecular weight is 635 g/mol. The highest BCUT2D eigenvalue weighted by Crippen LogP contribution is 2.40. The minimum absolute atomic E-state index is 0.0187. The van der Waals surface area contributed by atoms with Gasteiger partial charge in [-0.3, -0.25) is 9.98 Å². The van der Waals surface area contributed by atoms with Crippen LogP contribution in [0.5, 0.6) is 23.0 Å². The summed E-state index contributed by atoms with van der Waals surface area (Å²) in [5.41, 5.74) is 4.63. The van der Waals surface area contributed by atoms with Gasteiger partial charge in [0.15, 0.2) is 23.0 Å². The second-order valence-corrected chi connectivity index (χ2v) is 13.9. The number of fused-ring (bicyclic) bond motifs is 4. The number of hydrogen-bond donors (Lipinski definition) is 2. The first kappa shape index (κ1) is 33.7. The number of hydrogen-bond acceptors (Lipinski definition) is 7. The second kappa shape index (κ2) is 14.4. The predicted octanol–water partition coefficient (Wildman–Crippen LogP) is 8.50. The van der Waals surface area contributed by atoms with E-state index in [1.807, 2.05) is 84.9 Å². The van der Waals surface area contributed by atoms with E-state index in [1.165, 1.54) is 0 Å². The topological polar surface area (TPSA) is 92.9 Å². The normalized spacial score (nSPS) is 17.9. The first-order valence-corrected chi connectivity index (χ1v) is 16.2. The van der Waals surface area contributed by atoms with Crippen LogP contribution in [0.15, 0.2) is 94.9 Å². The largest absolute Gasteiger partial charge is 0.504 e. The Morgan fingerprint density at radius 3 is 1.30 bits per heavy atom. The molecular weight excluding hydrogens is 588 g/mol. The van der Waals surface area contributed by atoms with Gasteiger partial charge in [0, 0.05) is 23.6 Å². The molecular formula is C40H46N2O5. The minimum atomic E-state index is -0.462. The Balaban J connectivity index is 1.71. The number of rotatable bonds is 2. The molecule has 0 saturated carbocycles. The van der Waals surface area contributed by atoms with Gasteiger partial charge in [0.25, 0.3) is 0 Å². The van der Waals surface area contributed by atoms with Crippen LogP contribution < -0.4 is 9.47 Å². The molecule has 0 amide bonds. The summed E-state index contributed by atoms with van der Waals surface area (Å²) in [5, 5.41) is 22.8. The lowest BCUT2D eigenvalue weighted by molar-refractivity contribution is 0.0750. The summed E-state index contributed by atoms with van der Waals surface area (Å²) >= 11 is 0. The summed E-state index contributed by atoms with van der Waals surface area (Å²) in [6.45, 7) is 13.8. The van der Waals surface area contributed by atoms with E-state index in [1.54, 1.807) is 12.4 Å². The van der Waals surface area contributed by atoms with Crippen molar-refractivity contribution in [3.05, 3.63) is 118 Å². The highest BCUT2D eigenvalue weighted by molar-refractivity contribution is 5.87. The van der Waals surface area contributed by atoms with Gasteiger partial charge in [0.05, 0.1) is 13.2 Å². The molecule has 7 heteroatoms. The first-order chi connectivity index (χ1) is 22.4. The Kier molecular flexibility index (Phi) is 10.4. The van der Waals surface area contributed by atoms with Gasteiger partial charge in [0.2, 0.25) is 0 Å². The summed E-state index contributed by atoms with van der Waals surface area (Å²) < 4.78 is 17.9. The Morgan fingerprint density at radius 2 is 0.936 bits per heavy atom. The van der Waals surface area contributed by atoms with Gasteiger partial charge in [-0.05, 0) is 57.3 Å². The molecule has 4 bridgehead atoms. The fourth-order valence-electron chi connectivity index (χ4n) is 5.39. The lowest BCUT2D eigenvalue weighted by Crippen LogP contribution is -2.15. The highest BCUT2D eigenvalue weighted by atomic mass is 16.5. The summed E-state index contributed by atoms with van der Waals surface area (Å²) in [7, 11) is 0. The van der Waals surface area contributed by atoms with Crippen molar-refractivity contribution in [1.29, 1.82) is 0 Å². The smallest absolute Gasteiger partial charge is 0.166 e. The molecule has 1 unspecified atom stereocenters. The Labute approximate surface area is 278 Å². The van der Waals surface area contributed by atoms with Crippen molar-refractivity contribution >= 4 is 12.4 Å². The summed E-state index contributed by atoms with van der Waals surface area (Å²) in [4.78, 5) is 10.3. The highest BCUT2D eigenvalue weighted by Gasteiger charge is 2.26. The Hall–Kier alpha value is -4.62. The van der Waals surface area contributed by atoms with Gasteiger partial charge in [-0.2, -0.15) is 0 Å². The van der Waals surface area contributed by atoms with Crippen LogP contribution in [0.4, 0.5) is 0 Å². The molecule has 0 fully saturated rings. The fraction of sp³-hybridized carbons (Fsp3) is 0.350. The quantitative estimate of drug-likeness (QED) is 0.231. The van der Waals surface area contributed by atoms with Crippen molar-refractivity contribution in [1.82, 2.24) is 0 Å². The number of aromatic hydroxyl groups is 2. The number of phenolic OH excluding ortho intramolecular Hbond substituents is 2. The summed E-state index contributed by atoms with van der Waals surface area (Å²) in [6, 6.07) is 26.8. The Morgan fingerprint density at radius 1 is 0.553 bits per heavy atom. The van der Waals surface area contributed by atoms with E-state index in [-0.39, 0.29) is 35.5 Å². The molecule has 4 aromatic rings. The van der Waals surface area contributed by atoms with Gasteiger partial charge in [0.1, 0.15) is 25.3 Å². The van der Waals surface area contributed by atoms with Crippen molar-refractivity contribution in [2.75, 3.05) is 26.4 Å². The zero-order valence-electron chi connectivity index (χ0n) is 28.2. The van der Waals surface area contributed by atoms with E-state index in [9.17, 15) is 10.2 Å². The van der Waals surface area contributed by atoms with E-state index in [4.69, 9.17) is 24.2 Å². The van der Waals surface area contributed by atoms with Crippen LogP contribution >= 0.6 is 0 Å². The molecule has 0 aliphatic carbocycles. The molecule has 1 heterocycles. The molecule has 2 atom stereocenters. The van der Waals surface area contributed by atoms with Crippen molar-refractivity contribution < 1.29 is 24.4 Å². The molecule has 1 aliphatic heterocycles. The molecule has 5 rings (SSSR count). The molecule has 1 aliphatic rings. The third kappa shape index (κ3) is 8.40. The number of aliphatic imine (C=N–C) groups is 2. The van der Waals surface area contributed by atoms with Crippen LogP contribution in [-0.2, 0) is 15.6 Å². The minimum Gasteiger partial charge on any atom is -0.504 e. The number of phenols is 2. The van der Waals surface area contributed by atoms with Crippen LogP contribution in [0.3, 0.4) is 0 Å². The van der Waals surface area contributed by atoms with Gasteiger partial charge < -0.3 is 24.4 Å². The third-order valence-corrected chi connectivity index (χ3v) is 8.24. The van der Waals surface area contributed by atoms with Crippen molar-refractivity contribution in [2.24, 2.45) is 9.98 Å². The van der Waals surface area contributed by atoms with Crippen LogP contribution in [0.2, 0.25) is 0 Å². The molecule has 0 aromatic heterocycles. The van der Waals surface area contributed by atoms with Gasteiger partial charge >= 0.3 is 0 Å². The number of nitrogens with zero attached hydrogens (tertiary/aromatic N) is 2. The molecule has 0 radical (unpaired) electrons. The first-order valence-electron chi connectivity index (χ1n) is 16.2. The van der Waals surface area contributed by atoms with Gasteiger partial charge in [-0.1, -0.05) is 102 Å². The molecule has 246 valence electrons. The van der Waals surface area contributed by atoms with E-state index in [2.05, 4.69) is 41.5 Å². The summed E-state index contributed by atoms with van der Waals surface area (Å²) in [5.74, 6) is 0.790. The zero-order chi connectivity index (χ0) is 33.6. The monoisotopic (exact) mass is 634 g/mol. The van der Waals surface area contributed by atoms with Crippen LogP contribution in [0.25, 0.3) is 0 Å². The van der Waals surface area contributed by atoms with Crippen LogP contribution in [0, 0.1) is 0 Å². The lowest BCUT2D eigenvalue weighted by atomic mass is 9.85. The zero-order valence-corrected chi connectivity index (χ0v) is 28.2. The summed E-state index contributed by atoms with van der Waals surface area (Å²) in [6.07, 6.45) is 3.43. The molecule has 0 saturated heterocycles. The fourth-order valence-corrected chi connectivity index (χ4v) is 5.39. The predicted molar refractivity (Wildman–Crippen MR) is 189 cm³/mol. The maximum absolute atomic E-state index is 11.4. The van der Waals surface area contributed by atoms with Crippen molar-refractivity contribution in [3.63, 3.8) is 0 Å². The van der Waals surface area contributed by atoms with Crippen LogP contribution in [0.1, 0.15) is 87.0 Å². The average Bonchev–Trinajstić information content (AvgIpc) is 3.03. The standard InChI is InChI=1S/C40H46N2O5/c1-39(2,3)31-21-29-25-41-35(27-13-9-7-10-14-27)36(28-15-11-8-12-16-28)42-26-30-22-32(40(4,5)6)24-34(38(30)44)47-20-18-45-17-19-46-33(23-31)37(29)43/h7-16,21-26,35-36,43-44H,17-20H2,1-6H3/t35-,36?/m1/s1. The molecule has 4 aromatic carbocycles.